The molecule has 0 aliphatic heterocycles. The number of para-hydroxylation sites is 2. The van der Waals surface area contributed by atoms with Gasteiger partial charge in [0.05, 0.1) is 11.0 Å². The summed E-state index contributed by atoms with van der Waals surface area (Å²) in [6.07, 6.45) is 4.46. The van der Waals surface area contributed by atoms with Gasteiger partial charge in [0.15, 0.2) is 0 Å². The third-order valence-corrected chi connectivity index (χ3v) is 3.70. The van der Waals surface area contributed by atoms with Crippen LogP contribution in [0.1, 0.15) is 25.7 Å². The molecule has 1 fully saturated rings. The number of nitrogens with zero attached hydrogens (tertiary/aromatic N) is 1. The van der Waals surface area contributed by atoms with E-state index in [4.69, 9.17) is 0 Å². The summed E-state index contributed by atoms with van der Waals surface area (Å²) >= 11 is 0. The second-order valence-corrected chi connectivity index (χ2v) is 5.08. The van der Waals surface area contributed by atoms with E-state index in [1.165, 1.54) is 17.4 Å². The van der Waals surface area contributed by atoms with Crippen molar-refractivity contribution in [1.29, 1.82) is 0 Å². The number of benzene rings is 1. The Kier molecular flexibility index (Phi) is 3.11. The number of H-pyrrole nitrogens is 1. The number of hydrogen-bond acceptors (Lipinski definition) is 2. The summed E-state index contributed by atoms with van der Waals surface area (Å²) < 4.78 is 1.49. The molecule has 2 aromatic rings. The van der Waals surface area contributed by atoms with Crippen LogP contribution in [0.4, 0.5) is 0 Å². The Morgan fingerprint density at radius 1 is 1.32 bits per heavy atom. The van der Waals surface area contributed by atoms with Gasteiger partial charge in [-0.2, -0.15) is 0 Å². The van der Waals surface area contributed by atoms with Crippen LogP contribution in [0, 0.1) is 0 Å². The number of aromatic nitrogens is 2. The van der Waals surface area contributed by atoms with Gasteiger partial charge in [-0.25, -0.2) is 4.79 Å². The molecule has 0 saturated heterocycles. The number of carbonyl (C=O) groups is 1. The van der Waals surface area contributed by atoms with E-state index in [9.17, 15) is 9.59 Å². The van der Waals surface area contributed by atoms with Gasteiger partial charge in [0.25, 0.3) is 0 Å². The van der Waals surface area contributed by atoms with E-state index in [1.54, 1.807) is 0 Å². The fourth-order valence-electron chi connectivity index (χ4n) is 2.75. The molecule has 19 heavy (non-hydrogen) atoms. The second kappa shape index (κ2) is 4.91. The van der Waals surface area contributed by atoms with E-state index in [2.05, 4.69) is 10.3 Å². The molecule has 1 aromatic heterocycles. The Labute approximate surface area is 110 Å². The van der Waals surface area contributed by atoms with Gasteiger partial charge in [-0.05, 0) is 25.0 Å². The summed E-state index contributed by atoms with van der Waals surface area (Å²) in [7, 11) is 0. The number of carbonyl (C=O) groups excluding carboxylic acids is 1. The minimum Gasteiger partial charge on any atom is -0.352 e. The Morgan fingerprint density at radius 3 is 2.84 bits per heavy atom. The van der Waals surface area contributed by atoms with E-state index >= 15 is 0 Å². The first-order valence-corrected chi connectivity index (χ1v) is 6.71. The molecular weight excluding hydrogens is 242 g/mol. The molecule has 0 atom stereocenters. The number of hydrogen-bond donors (Lipinski definition) is 2. The Balaban J connectivity index is 1.79. The summed E-state index contributed by atoms with van der Waals surface area (Å²) in [5.41, 5.74) is 1.30. The van der Waals surface area contributed by atoms with Crippen LogP contribution in [0.5, 0.6) is 0 Å². The van der Waals surface area contributed by atoms with Gasteiger partial charge in [-0.15, -0.1) is 0 Å². The van der Waals surface area contributed by atoms with Crippen LogP contribution in [-0.2, 0) is 11.3 Å². The molecule has 1 heterocycles. The quantitative estimate of drug-likeness (QED) is 0.874. The number of amides is 1. The summed E-state index contributed by atoms with van der Waals surface area (Å²) in [6.45, 7) is 0.0827. The molecule has 5 nitrogen and oxygen atoms in total. The van der Waals surface area contributed by atoms with Crippen molar-refractivity contribution < 1.29 is 4.79 Å². The maximum atomic E-state index is 12.0. The first-order chi connectivity index (χ1) is 9.24. The van der Waals surface area contributed by atoms with Crippen molar-refractivity contribution in [2.24, 2.45) is 0 Å². The van der Waals surface area contributed by atoms with Crippen molar-refractivity contribution >= 4 is 16.9 Å². The molecule has 1 saturated carbocycles. The molecule has 1 aliphatic rings. The molecule has 2 N–H and O–H groups in total. The average Bonchev–Trinajstić information content (AvgIpc) is 2.99. The minimum absolute atomic E-state index is 0.0827. The third kappa shape index (κ3) is 2.41. The number of nitrogens with one attached hydrogen (secondary N) is 2. The molecule has 1 amide bonds. The lowest BCUT2D eigenvalue weighted by atomic mass is 10.2. The van der Waals surface area contributed by atoms with Gasteiger partial charge in [0.1, 0.15) is 6.54 Å². The van der Waals surface area contributed by atoms with Gasteiger partial charge in [-0.3, -0.25) is 9.36 Å². The Bertz CT molecular complexity index is 650. The van der Waals surface area contributed by atoms with Gasteiger partial charge in [-0.1, -0.05) is 25.0 Å². The van der Waals surface area contributed by atoms with Gasteiger partial charge in [0, 0.05) is 6.04 Å². The molecule has 1 aliphatic carbocycles. The van der Waals surface area contributed by atoms with Gasteiger partial charge < -0.3 is 10.3 Å². The molecule has 1 aromatic carbocycles. The number of aromatic amines is 1. The summed E-state index contributed by atoms with van der Waals surface area (Å²) in [6, 6.07) is 7.69. The highest BCUT2D eigenvalue weighted by Crippen LogP contribution is 2.17. The molecule has 0 spiro atoms. The minimum atomic E-state index is -0.234. The SMILES string of the molecule is O=C(Cn1c(=O)[nH]c2ccccc21)NC1CCCC1. The van der Waals surface area contributed by atoms with Crippen LogP contribution in [0.3, 0.4) is 0 Å². The van der Waals surface area contributed by atoms with E-state index in [-0.39, 0.29) is 24.2 Å². The lowest BCUT2D eigenvalue weighted by Crippen LogP contribution is -2.37. The van der Waals surface area contributed by atoms with E-state index in [0.29, 0.717) is 0 Å². The predicted octanol–water partition coefficient (Wildman–Crippen LogP) is 1.39. The zero-order valence-corrected chi connectivity index (χ0v) is 10.7. The van der Waals surface area contributed by atoms with E-state index < -0.39 is 0 Å². The van der Waals surface area contributed by atoms with Crippen LogP contribution >= 0.6 is 0 Å². The fourth-order valence-corrected chi connectivity index (χ4v) is 2.75. The van der Waals surface area contributed by atoms with Crippen LogP contribution in [0.2, 0.25) is 0 Å². The molecule has 100 valence electrons. The summed E-state index contributed by atoms with van der Waals surface area (Å²) in [5.74, 6) is -0.0845. The van der Waals surface area contributed by atoms with Crippen LogP contribution in [0.25, 0.3) is 11.0 Å². The topological polar surface area (TPSA) is 66.9 Å². The smallest absolute Gasteiger partial charge is 0.326 e. The maximum absolute atomic E-state index is 12.0. The first kappa shape index (κ1) is 12.0. The average molecular weight is 259 g/mol. The fraction of sp³-hybridized carbons (Fsp3) is 0.429. The van der Waals surface area contributed by atoms with Gasteiger partial charge in [0.2, 0.25) is 5.91 Å². The summed E-state index contributed by atoms with van der Waals surface area (Å²) in [5, 5.41) is 3.00. The zero-order chi connectivity index (χ0) is 13.2. The lowest BCUT2D eigenvalue weighted by Gasteiger charge is -2.12. The number of fused-ring (bicyclic) bond motifs is 1. The molecule has 0 unspecified atom stereocenters. The highest BCUT2D eigenvalue weighted by atomic mass is 16.2. The predicted molar refractivity (Wildman–Crippen MR) is 73.0 cm³/mol. The van der Waals surface area contributed by atoms with Crippen molar-refractivity contribution in [2.75, 3.05) is 0 Å². The molecule has 0 radical (unpaired) electrons. The highest BCUT2D eigenvalue weighted by molar-refractivity contribution is 5.80. The number of rotatable bonds is 3. The van der Waals surface area contributed by atoms with E-state index in [1.807, 2.05) is 24.3 Å². The largest absolute Gasteiger partial charge is 0.352 e. The normalized spacial score (nSPS) is 16.0. The lowest BCUT2D eigenvalue weighted by molar-refractivity contribution is -0.122. The molecule has 0 bridgehead atoms. The zero-order valence-electron chi connectivity index (χ0n) is 10.7. The highest BCUT2D eigenvalue weighted by Gasteiger charge is 2.18. The van der Waals surface area contributed by atoms with Crippen molar-refractivity contribution in [3.05, 3.63) is 34.7 Å². The van der Waals surface area contributed by atoms with Crippen LogP contribution < -0.4 is 11.0 Å². The summed E-state index contributed by atoms with van der Waals surface area (Å²) in [4.78, 5) is 26.6. The van der Waals surface area contributed by atoms with Gasteiger partial charge >= 0.3 is 5.69 Å². The maximum Gasteiger partial charge on any atom is 0.326 e. The van der Waals surface area contributed by atoms with Crippen molar-refractivity contribution in [2.45, 2.75) is 38.3 Å². The Hall–Kier alpha value is -2.04. The van der Waals surface area contributed by atoms with Crippen molar-refractivity contribution in [3.8, 4) is 0 Å². The third-order valence-electron chi connectivity index (χ3n) is 3.70. The standard InChI is InChI=1S/C14H17N3O2/c18-13(15-10-5-1-2-6-10)9-17-12-8-4-3-7-11(12)16-14(17)19/h3-4,7-8,10H,1-2,5-6,9H2,(H,15,18)(H,16,19). The van der Waals surface area contributed by atoms with Crippen LogP contribution in [0.15, 0.2) is 29.1 Å². The molecular formula is C14H17N3O2. The van der Waals surface area contributed by atoms with Crippen molar-refractivity contribution in [3.63, 3.8) is 0 Å². The Morgan fingerprint density at radius 2 is 2.05 bits per heavy atom. The monoisotopic (exact) mass is 259 g/mol. The molecule has 5 heteroatoms. The van der Waals surface area contributed by atoms with E-state index in [0.717, 1.165) is 23.9 Å². The second-order valence-electron chi connectivity index (χ2n) is 5.08. The van der Waals surface area contributed by atoms with Crippen molar-refractivity contribution in [1.82, 2.24) is 14.9 Å². The molecule has 3 rings (SSSR count). The van der Waals surface area contributed by atoms with Crippen LogP contribution in [-0.4, -0.2) is 21.5 Å². The first-order valence-electron chi connectivity index (χ1n) is 6.71. The number of imidazole rings is 1.